The van der Waals surface area contributed by atoms with Gasteiger partial charge in [0.1, 0.15) is 35.9 Å². The Balaban J connectivity index is 2.44. The van der Waals surface area contributed by atoms with Gasteiger partial charge in [0.2, 0.25) is 0 Å². The van der Waals surface area contributed by atoms with Gasteiger partial charge in [0.15, 0.2) is 5.78 Å². The van der Waals surface area contributed by atoms with E-state index in [-0.39, 0.29) is 41.6 Å². The van der Waals surface area contributed by atoms with Crippen LogP contribution < -0.4 is 4.74 Å². The van der Waals surface area contributed by atoms with Gasteiger partial charge in [-0.1, -0.05) is 32.1 Å². The Hall–Kier alpha value is -2.68. The largest absolute Gasteiger partial charge is 0.507 e. The number of ether oxygens (including phenoxy) is 2. The molecule has 0 amide bonds. The first-order valence-corrected chi connectivity index (χ1v) is 10.3. The van der Waals surface area contributed by atoms with Crippen molar-refractivity contribution in [3.05, 3.63) is 41.5 Å². The smallest absolute Gasteiger partial charge is 0.342 e. The molecule has 2 rings (SSSR count). The first kappa shape index (κ1) is 24.6. The molecule has 0 spiro atoms. The van der Waals surface area contributed by atoms with Gasteiger partial charge in [-0.05, 0) is 37.5 Å². The fourth-order valence-electron chi connectivity index (χ4n) is 2.86. The molecule has 0 aromatic heterocycles. The fourth-order valence-corrected chi connectivity index (χ4v) is 2.86. The van der Waals surface area contributed by atoms with Gasteiger partial charge in [-0.25, -0.2) is 4.79 Å². The number of carbonyl (C=O) groups is 2. The quantitative estimate of drug-likeness (QED) is 0.529. The number of aliphatic hydroxyl groups excluding tert-OH is 3. The molecule has 31 heavy (non-hydrogen) atoms. The summed E-state index contributed by atoms with van der Waals surface area (Å²) >= 11 is 0. The zero-order valence-corrected chi connectivity index (χ0v) is 17.9. The Morgan fingerprint density at radius 2 is 1.90 bits per heavy atom. The SMILES string of the molecule is CCC(O)COc1cc(O)c2c(c1)/C=C/C[C@H](O)[C@H](O)C(=O)/C=C\[C@@H](C)[C@H](C)OC2=O. The molecule has 0 bridgehead atoms. The van der Waals surface area contributed by atoms with E-state index in [2.05, 4.69) is 0 Å². The van der Waals surface area contributed by atoms with Crippen LogP contribution in [0.1, 0.15) is 49.5 Å². The zero-order chi connectivity index (χ0) is 23.1. The van der Waals surface area contributed by atoms with Crippen molar-refractivity contribution in [1.82, 2.24) is 0 Å². The van der Waals surface area contributed by atoms with Crippen LogP contribution in [-0.2, 0) is 9.53 Å². The van der Waals surface area contributed by atoms with Crippen LogP contribution in [0.2, 0.25) is 0 Å². The molecule has 1 aliphatic rings. The van der Waals surface area contributed by atoms with Crippen molar-refractivity contribution in [3.8, 4) is 11.5 Å². The Kier molecular flexibility index (Phi) is 8.79. The summed E-state index contributed by atoms with van der Waals surface area (Å²) in [5.74, 6) is -1.88. The highest BCUT2D eigenvalue weighted by Crippen LogP contribution is 2.31. The number of hydrogen-bond donors (Lipinski definition) is 4. The van der Waals surface area contributed by atoms with Gasteiger partial charge in [0, 0.05) is 12.0 Å². The van der Waals surface area contributed by atoms with E-state index >= 15 is 0 Å². The molecule has 1 unspecified atom stereocenters. The van der Waals surface area contributed by atoms with Crippen LogP contribution in [0.15, 0.2) is 30.4 Å². The number of phenolic OH excluding ortho intramolecular Hbond substituents is 1. The Morgan fingerprint density at radius 1 is 1.19 bits per heavy atom. The van der Waals surface area contributed by atoms with Crippen LogP contribution in [0.5, 0.6) is 11.5 Å². The highest BCUT2D eigenvalue weighted by Gasteiger charge is 2.25. The second-order valence-corrected chi connectivity index (χ2v) is 7.66. The van der Waals surface area contributed by atoms with Crippen molar-refractivity contribution in [2.45, 2.75) is 58.0 Å². The molecular weight excluding hydrogens is 404 g/mol. The van der Waals surface area contributed by atoms with Gasteiger partial charge in [-0.3, -0.25) is 4.79 Å². The molecule has 4 N–H and O–H groups in total. The molecule has 0 saturated carbocycles. The summed E-state index contributed by atoms with van der Waals surface area (Å²) in [7, 11) is 0. The lowest BCUT2D eigenvalue weighted by Gasteiger charge is -2.20. The maximum atomic E-state index is 12.8. The standard InChI is InChI=1S/C23H30O8/c1-4-16(24)12-30-17-10-15-6-5-7-18(25)22(28)19(26)9-8-13(2)14(3)31-23(29)21(15)20(27)11-17/h5-6,8-11,13-14,16,18,22,24-25,27-28H,4,7,12H2,1-3H3/b6-5+,9-8-/t13-,14+,16?,18+,22+/m1/s1. The predicted octanol–water partition coefficient (Wildman–Crippen LogP) is 1.99. The van der Waals surface area contributed by atoms with Crippen molar-refractivity contribution in [1.29, 1.82) is 0 Å². The second-order valence-electron chi connectivity index (χ2n) is 7.66. The van der Waals surface area contributed by atoms with E-state index in [9.17, 15) is 30.0 Å². The first-order chi connectivity index (χ1) is 14.6. The number of aromatic hydroxyl groups is 1. The Morgan fingerprint density at radius 3 is 2.58 bits per heavy atom. The van der Waals surface area contributed by atoms with Gasteiger partial charge in [-0.2, -0.15) is 0 Å². The number of esters is 1. The average Bonchev–Trinajstić information content (AvgIpc) is 2.73. The lowest BCUT2D eigenvalue weighted by molar-refractivity contribution is -0.127. The monoisotopic (exact) mass is 434 g/mol. The van der Waals surface area contributed by atoms with Gasteiger partial charge >= 0.3 is 5.97 Å². The minimum atomic E-state index is -1.59. The molecule has 0 aliphatic carbocycles. The van der Waals surface area contributed by atoms with E-state index < -0.39 is 36.2 Å². The number of carbonyl (C=O) groups excluding carboxylic acids is 2. The highest BCUT2D eigenvalue weighted by molar-refractivity contribution is 5.97. The number of cyclic esters (lactones) is 1. The summed E-state index contributed by atoms with van der Waals surface area (Å²) in [6, 6.07) is 2.77. The molecule has 0 fully saturated rings. The molecule has 170 valence electrons. The van der Waals surface area contributed by atoms with Crippen LogP contribution >= 0.6 is 0 Å². The Bertz CT molecular complexity index is 844. The molecule has 0 saturated heterocycles. The van der Waals surface area contributed by atoms with Crippen LogP contribution in [0.3, 0.4) is 0 Å². The van der Waals surface area contributed by atoms with E-state index in [0.717, 1.165) is 6.08 Å². The van der Waals surface area contributed by atoms with Crippen molar-refractivity contribution < 1.29 is 39.5 Å². The number of fused-ring (bicyclic) bond motifs is 1. The summed E-state index contributed by atoms with van der Waals surface area (Å²) in [5.41, 5.74) is 0.192. The number of rotatable bonds is 4. The molecule has 1 aliphatic heterocycles. The summed E-state index contributed by atoms with van der Waals surface area (Å²) in [5, 5.41) is 40.3. The predicted molar refractivity (Wildman–Crippen MR) is 114 cm³/mol. The van der Waals surface area contributed by atoms with Gasteiger partial charge in [0.25, 0.3) is 0 Å². The van der Waals surface area contributed by atoms with E-state index in [1.807, 2.05) is 0 Å². The minimum Gasteiger partial charge on any atom is -0.507 e. The van der Waals surface area contributed by atoms with Crippen molar-refractivity contribution in [3.63, 3.8) is 0 Å². The lowest BCUT2D eigenvalue weighted by atomic mass is 9.99. The van der Waals surface area contributed by atoms with Crippen molar-refractivity contribution >= 4 is 17.8 Å². The molecule has 1 aromatic carbocycles. The third-order valence-corrected chi connectivity index (χ3v) is 5.17. The van der Waals surface area contributed by atoms with Crippen LogP contribution in [0, 0.1) is 5.92 Å². The fraction of sp³-hybridized carbons (Fsp3) is 0.478. The summed E-state index contributed by atoms with van der Waals surface area (Å²) in [4.78, 5) is 24.8. The summed E-state index contributed by atoms with van der Waals surface area (Å²) in [6.45, 7) is 5.18. The van der Waals surface area contributed by atoms with E-state index in [1.165, 1.54) is 30.4 Å². The molecule has 1 heterocycles. The highest BCUT2D eigenvalue weighted by atomic mass is 16.5. The molecule has 5 atom stereocenters. The first-order valence-electron chi connectivity index (χ1n) is 10.3. The van der Waals surface area contributed by atoms with Crippen LogP contribution in [-0.4, -0.2) is 63.2 Å². The zero-order valence-electron chi connectivity index (χ0n) is 17.9. The van der Waals surface area contributed by atoms with E-state index in [4.69, 9.17) is 9.47 Å². The van der Waals surface area contributed by atoms with Gasteiger partial charge < -0.3 is 29.9 Å². The minimum absolute atomic E-state index is 0.0107. The third kappa shape index (κ3) is 6.65. The molecule has 8 nitrogen and oxygen atoms in total. The number of hydrogen-bond acceptors (Lipinski definition) is 8. The summed E-state index contributed by atoms with van der Waals surface area (Å²) in [6.07, 6.45) is 1.78. The van der Waals surface area contributed by atoms with Gasteiger partial charge in [-0.15, -0.1) is 0 Å². The van der Waals surface area contributed by atoms with Gasteiger partial charge in [0.05, 0.1) is 12.2 Å². The Labute approximate surface area is 181 Å². The van der Waals surface area contributed by atoms with Crippen LogP contribution in [0.4, 0.5) is 0 Å². The summed E-state index contributed by atoms with van der Waals surface area (Å²) < 4.78 is 11.0. The second kappa shape index (κ2) is 11.1. The average molecular weight is 434 g/mol. The van der Waals surface area contributed by atoms with Crippen molar-refractivity contribution in [2.75, 3.05) is 6.61 Å². The number of ketones is 1. The molecular formula is C23H30O8. The molecule has 1 aromatic rings. The normalized spacial score (nSPS) is 28.1. The topological polar surface area (TPSA) is 134 Å². The third-order valence-electron chi connectivity index (χ3n) is 5.17. The maximum absolute atomic E-state index is 12.8. The number of aliphatic hydroxyl groups is 3. The molecule has 0 radical (unpaired) electrons. The maximum Gasteiger partial charge on any atom is 0.342 e. The number of phenols is 1. The van der Waals surface area contributed by atoms with E-state index in [0.29, 0.717) is 6.42 Å². The van der Waals surface area contributed by atoms with E-state index in [1.54, 1.807) is 20.8 Å². The van der Waals surface area contributed by atoms with Crippen molar-refractivity contribution in [2.24, 2.45) is 5.92 Å². The lowest BCUT2D eigenvalue weighted by Crippen LogP contribution is -2.32. The molecule has 8 heteroatoms. The number of benzene rings is 1. The van der Waals surface area contributed by atoms with Crippen LogP contribution in [0.25, 0.3) is 6.08 Å².